The molecule has 0 saturated carbocycles. The number of carbonyl (C=O) groups is 2. The van der Waals surface area contributed by atoms with E-state index in [1.54, 1.807) is 0 Å². The third-order valence-corrected chi connectivity index (χ3v) is 3.68. The molecule has 0 atom stereocenters. The molecule has 0 aromatic carbocycles. The fourth-order valence-corrected chi connectivity index (χ4v) is 2.54. The number of hydrogen-bond donors (Lipinski definition) is 3. The van der Waals surface area contributed by atoms with E-state index in [2.05, 4.69) is 10.6 Å². The zero-order valence-electron chi connectivity index (χ0n) is 10.9. The van der Waals surface area contributed by atoms with Gasteiger partial charge in [0.15, 0.2) is 5.78 Å². The summed E-state index contributed by atoms with van der Waals surface area (Å²) in [6.45, 7) is 0.875. The molecule has 0 saturated heterocycles. The van der Waals surface area contributed by atoms with Gasteiger partial charge < -0.3 is 16.4 Å². The number of rotatable bonds is 5. The van der Waals surface area contributed by atoms with Gasteiger partial charge in [-0.2, -0.15) is 13.2 Å². The minimum Gasteiger partial charge on any atom is -0.397 e. The maximum atomic E-state index is 12.1. The highest BCUT2D eigenvalue weighted by Crippen LogP contribution is 2.36. The molecule has 0 aliphatic carbocycles. The van der Waals surface area contributed by atoms with E-state index in [0.717, 1.165) is 11.3 Å². The van der Waals surface area contributed by atoms with Gasteiger partial charge in [0.05, 0.1) is 22.5 Å². The Labute approximate surface area is 117 Å². The van der Waals surface area contributed by atoms with E-state index in [4.69, 9.17) is 5.73 Å². The van der Waals surface area contributed by atoms with E-state index in [-0.39, 0.29) is 26.9 Å². The molecule has 1 aromatic heterocycles. The van der Waals surface area contributed by atoms with E-state index in [1.165, 1.54) is 14.0 Å². The van der Waals surface area contributed by atoms with Gasteiger partial charge in [-0.25, -0.2) is 0 Å². The molecule has 112 valence electrons. The minimum atomic E-state index is -4.30. The van der Waals surface area contributed by atoms with Crippen LogP contribution in [0.5, 0.6) is 0 Å². The zero-order chi connectivity index (χ0) is 15.5. The summed E-state index contributed by atoms with van der Waals surface area (Å²) in [7, 11) is 1.37. The third kappa shape index (κ3) is 3.86. The van der Waals surface area contributed by atoms with Gasteiger partial charge in [0.25, 0.3) is 5.91 Å². The van der Waals surface area contributed by atoms with Crippen molar-refractivity contribution in [3.63, 3.8) is 0 Å². The fourth-order valence-electron chi connectivity index (χ4n) is 1.50. The number of nitrogen functional groups attached to an aromatic ring is 1. The molecule has 1 heterocycles. The lowest BCUT2D eigenvalue weighted by Gasteiger charge is -2.09. The molecule has 0 bridgehead atoms. The molecule has 0 aliphatic heterocycles. The highest BCUT2D eigenvalue weighted by atomic mass is 32.1. The summed E-state index contributed by atoms with van der Waals surface area (Å²) in [5, 5.41) is 5.01. The van der Waals surface area contributed by atoms with E-state index in [1.807, 2.05) is 0 Å². The zero-order valence-corrected chi connectivity index (χ0v) is 11.7. The van der Waals surface area contributed by atoms with Crippen molar-refractivity contribution in [2.24, 2.45) is 0 Å². The van der Waals surface area contributed by atoms with Crippen LogP contribution in [0.4, 0.5) is 23.9 Å². The normalized spacial score (nSPS) is 11.2. The largest absolute Gasteiger partial charge is 0.397 e. The molecule has 5 nitrogen and oxygen atoms in total. The second kappa shape index (κ2) is 6.12. The Balaban J connectivity index is 3.02. The fraction of sp³-hybridized carbons (Fsp3) is 0.455. The Hall–Kier alpha value is -1.77. The predicted octanol–water partition coefficient (Wildman–Crippen LogP) is 2.26. The highest BCUT2D eigenvalue weighted by molar-refractivity contribution is 7.19. The first-order chi connectivity index (χ1) is 9.17. The molecule has 9 heteroatoms. The first kappa shape index (κ1) is 16.3. The van der Waals surface area contributed by atoms with Crippen LogP contribution in [-0.4, -0.2) is 31.5 Å². The van der Waals surface area contributed by atoms with E-state index in [9.17, 15) is 22.8 Å². The molecule has 1 rings (SSSR count). The molecular weight excluding hydrogens is 295 g/mol. The van der Waals surface area contributed by atoms with Gasteiger partial charge in [-0.1, -0.05) is 0 Å². The van der Waals surface area contributed by atoms with E-state index >= 15 is 0 Å². The molecule has 0 aliphatic rings. The van der Waals surface area contributed by atoms with Crippen molar-refractivity contribution in [1.29, 1.82) is 0 Å². The number of alkyl halides is 3. The van der Waals surface area contributed by atoms with E-state index in [0.29, 0.717) is 0 Å². The SMILES string of the molecule is CNC(=O)c1c(NCCC(F)(F)F)sc(C(C)=O)c1N. The van der Waals surface area contributed by atoms with Gasteiger partial charge >= 0.3 is 6.18 Å². The molecule has 0 fully saturated rings. The number of ketones is 1. The number of carbonyl (C=O) groups excluding carboxylic acids is 2. The van der Waals surface area contributed by atoms with Crippen LogP contribution < -0.4 is 16.4 Å². The molecule has 0 unspecified atom stereocenters. The minimum absolute atomic E-state index is 0.00451. The van der Waals surface area contributed by atoms with Crippen LogP contribution in [0.2, 0.25) is 0 Å². The van der Waals surface area contributed by atoms with Crippen LogP contribution in [0.1, 0.15) is 33.4 Å². The Kier molecular flexibility index (Phi) is 4.98. The van der Waals surface area contributed by atoms with Crippen LogP contribution in [-0.2, 0) is 0 Å². The lowest BCUT2D eigenvalue weighted by molar-refractivity contribution is -0.131. The molecule has 0 spiro atoms. The molecule has 20 heavy (non-hydrogen) atoms. The van der Waals surface area contributed by atoms with Crippen LogP contribution >= 0.6 is 11.3 Å². The van der Waals surface area contributed by atoms with Crippen molar-refractivity contribution >= 4 is 33.7 Å². The smallest absolute Gasteiger partial charge is 0.390 e. The van der Waals surface area contributed by atoms with Crippen molar-refractivity contribution in [2.45, 2.75) is 19.5 Å². The first-order valence-electron chi connectivity index (χ1n) is 5.63. The van der Waals surface area contributed by atoms with Crippen molar-refractivity contribution in [3.8, 4) is 0 Å². The lowest BCUT2D eigenvalue weighted by Crippen LogP contribution is -2.21. The average Bonchev–Trinajstić information content (AvgIpc) is 2.64. The van der Waals surface area contributed by atoms with Gasteiger partial charge in [0.2, 0.25) is 0 Å². The average molecular weight is 309 g/mol. The summed E-state index contributed by atoms with van der Waals surface area (Å²) >= 11 is 0.875. The summed E-state index contributed by atoms with van der Waals surface area (Å²) < 4.78 is 36.3. The number of halogens is 3. The molecule has 4 N–H and O–H groups in total. The summed E-state index contributed by atoms with van der Waals surface area (Å²) in [5.41, 5.74) is 5.69. The van der Waals surface area contributed by atoms with Gasteiger partial charge in [-0.05, 0) is 0 Å². The van der Waals surface area contributed by atoms with Crippen molar-refractivity contribution in [1.82, 2.24) is 5.32 Å². The van der Waals surface area contributed by atoms with Gasteiger partial charge in [0.1, 0.15) is 5.00 Å². The lowest BCUT2D eigenvalue weighted by atomic mass is 10.2. The quantitative estimate of drug-likeness (QED) is 0.728. The number of Topliss-reactive ketones (excluding diaryl/α,β-unsaturated/α-hetero) is 1. The maximum absolute atomic E-state index is 12.1. The number of nitrogens with one attached hydrogen (secondary N) is 2. The van der Waals surface area contributed by atoms with E-state index < -0.39 is 25.0 Å². The molecule has 1 aromatic rings. The van der Waals surface area contributed by atoms with Gasteiger partial charge in [-0.3, -0.25) is 9.59 Å². The van der Waals surface area contributed by atoms with Gasteiger partial charge in [0, 0.05) is 20.5 Å². The monoisotopic (exact) mass is 309 g/mol. The number of amides is 1. The summed E-state index contributed by atoms with van der Waals surface area (Å²) in [4.78, 5) is 23.2. The van der Waals surface area contributed by atoms with Gasteiger partial charge in [-0.15, -0.1) is 11.3 Å². The molecule has 1 amide bonds. The Morgan fingerprint density at radius 3 is 2.40 bits per heavy atom. The van der Waals surface area contributed by atoms with Crippen LogP contribution in [0.15, 0.2) is 0 Å². The standard InChI is InChI=1S/C11H14F3N3O2S/c1-5(18)8-7(15)6(9(19)16-2)10(20-8)17-4-3-11(12,13)14/h17H,3-4,15H2,1-2H3,(H,16,19). The topological polar surface area (TPSA) is 84.2 Å². The van der Waals surface area contributed by atoms with Crippen LogP contribution in [0.3, 0.4) is 0 Å². The summed E-state index contributed by atoms with van der Waals surface area (Å²) in [6, 6.07) is 0. The van der Waals surface area contributed by atoms with Crippen molar-refractivity contribution in [2.75, 3.05) is 24.6 Å². The van der Waals surface area contributed by atoms with Crippen molar-refractivity contribution in [3.05, 3.63) is 10.4 Å². The first-order valence-corrected chi connectivity index (χ1v) is 6.45. The number of hydrogen-bond acceptors (Lipinski definition) is 5. The number of thiophene rings is 1. The number of anilines is 2. The Bertz CT molecular complexity index is 526. The second-order valence-corrected chi connectivity index (χ2v) is 5.00. The number of nitrogens with two attached hydrogens (primary N) is 1. The predicted molar refractivity (Wildman–Crippen MR) is 71.3 cm³/mol. The molecule has 0 radical (unpaired) electrons. The summed E-state index contributed by atoms with van der Waals surface area (Å²) in [6.07, 6.45) is -5.35. The second-order valence-electron chi connectivity index (χ2n) is 3.98. The summed E-state index contributed by atoms with van der Waals surface area (Å²) in [5.74, 6) is -0.901. The third-order valence-electron chi connectivity index (χ3n) is 2.41. The molecular formula is C11H14F3N3O2S. The Morgan fingerprint density at radius 1 is 1.35 bits per heavy atom. The highest BCUT2D eigenvalue weighted by Gasteiger charge is 2.28. The Morgan fingerprint density at radius 2 is 1.95 bits per heavy atom. The van der Waals surface area contributed by atoms with Crippen molar-refractivity contribution < 1.29 is 22.8 Å². The van der Waals surface area contributed by atoms with Crippen LogP contribution in [0, 0.1) is 0 Å². The van der Waals surface area contributed by atoms with Crippen LogP contribution in [0.25, 0.3) is 0 Å². The maximum Gasteiger partial charge on any atom is 0.390 e.